The van der Waals surface area contributed by atoms with Gasteiger partial charge in [-0.15, -0.1) is 11.3 Å². The number of nitrogens with two attached hydrogens (primary N) is 1. The molecule has 0 spiro atoms. The Morgan fingerprint density at radius 3 is 2.88 bits per heavy atom. The van der Waals surface area contributed by atoms with Crippen molar-refractivity contribution in [3.8, 4) is 5.75 Å². The molecule has 1 atom stereocenters. The molecule has 4 heteroatoms. The van der Waals surface area contributed by atoms with Crippen molar-refractivity contribution in [1.29, 1.82) is 0 Å². The zero-order valence-corrected chi connectivity index (χ0v) is 11.9. The van der Waals surface area contributed by atoms with Crippen LogP contribution in [0.5, 0.6) is 5.75 Å². The number of thiophene rings is 1. The number of benzene rings is 1. The zero-order chi connectivity index (χ0) is 12.3. The van der Waals surface area contributed by atoms with Crippen LogP contribution in [0.1, 0.15) is 23.4 Å². The van der Waals surface area contributed by atoms with E-state index in [0.717, 1.165) is 15.8 Å². The lowest BCUT2D eigenvalue weighted by Crippen LogP contribution is -2.07. The summed E-state index contributed by atoms with van der Waals surface area (Å²) in [7, 11) is 0. The lowest BCUT2D eigenvalue weighted by Gasteiger charge is -2.13. The number of rotatable bonds is 4. The molecule has 0 fully saturated rings. The Bertz CT molecular complexity index is 482. The highest BCUT2D eigenvalue weighted by Crippen LogP contribution is 2.28. The molecule has 0 aliphatic rings. The van der Waals surface area contributed by atoms with Gasteiger partial charge >= 0.3 is 0 Å². The lowest BCUT2D eigenvalue weighted by atomic mass is 10.1. The van der Waals surface area contributed by atoms with Crippen LogP contribution >= 0.6 is 27.3 Å². The maximum absolute atomic E-state index is 5.92. The van der Waals surface area contributed by atoms with Crippen molar-refractivity contribution in [2.45, 2.75) is 19.6 Å². The second kappa shape index (κ2) is 5.67. The fourth-order valence-electron chi connectivity index (χ4n) is 1.55. The van der Waals surface area contributed by atoms with Crippen LogP contribution in [0.25, 0.3) is 0 Å². The van der Waals surface area contributed by atoms with Gasteiger partial charge < -0.3 is 10.5 Å². The average molecular weight is 312 g/mol. The smallest absolute Gasteiger partial charge is 0.125 e. The van der Waals surface area contributed by atoms with Gasteiger partial charge in [0.1, 0.15) is 12.4 Å². The predicted octanol–water partition coefficient (Wildman–Crippen LogP) is 4.11. The summed E-state index contributed by atoms with van der Waals surface area (Å²) < 4.78 is 6.83. The van der Waals surface area contributed by atoms with E-state index in [1.165, 1.54) is 4.88 Å². The van der Waals surface area contributed by atoms with Crippen molar-refractivity contribution < 1.29 is 4.74 Å². The van der Waals surface area contributed by atoms with Crippen molar-refractivity contribution in [2.75, 3.05) is 0 Å². The molecular formula is C13H14BrNOS. The van der Waals surface area contributed by atoms with Gasteiger partial charge in [-0.25, -0.2) is 0 Å². The SMILES string of the molecule is CC(N)c1ccc(Br)cc1OCc1cccs1. The van der Waals surface area contributed by atoms with Crippen LogP contribution < -0.4 is 10.5 Å². The van der Waals surface area contributed by atoms with Crippen molar-refractivity contribution in [1.82, 2.24) is 0 Å². The van der Waals surface area contributed by atoms with Crippen molar-refractivity contribution in [3.05, 3.63) is 50.6 Å². The zero-order valence-electron chi connectivity index (χ0n) is 9.52. The molecule has 0 saturated heterocycles. The quantitative estimate of drug-likeness (QED) is 0.922. The summed E-state index contributed by atoms with van der Waals surface area (Å²) in [6.45, 7) is 2.55. The first-order valence-corrected chi connectivity index (χ1v) is 7.04. The van der Waals surface area contributed by atoms with E-state index in [0.29, 0.717) is 6.61 Å². The molecule has 0 saturated carbocycles. The van der Waals surface area contributed by atoms with Gasteiger partial charge in [-0.2, -0.15) is 0 Å². The molecule has 2 N–H and O–H groups in total. The highest BCUT2D eigenvalue weighted by atomic mass is 79.9. The molecule has 0 radical (unpaired) electrons. The van der Waals surface area contributed by atoms with Crippen molar-refractivity contribution >= 4 is 27.3 Å². The fourth-order valence-corrected chi connectivity index (χ4v) is 2.51. The molecule has 90 valence electrons. The van der Waals surface area contributed by atoms with Crippen molar-refractivity contribution in [3.63, 3.8) is 0 Å². The van der Waals surface area contributed by atoms with E-state index in [2.05, 4.69) is 22.0 Å². The topological polar surface area (TPSA) is 35.2 Å². The molecule has 1 unspecified atom stereocenters. The Kier molecular flexibility index (Phi) is 4.20. The first-order chi connectivity index (χ1) is 8.16. The summed E-state index contributed by atoms with van der Waals surface area (Å²) >= 11 is 5.14. The van der Waals surface area contributed by atoms with E-state index in [9.17, 15) is 0 Å². The van der Waals surface area contributed by atoms with Crippen LogP contribution in [0.2, 0.25) is 0 Å². The number of hydrogen-bond donors (Lipinski definition) is 1. The van der Waals surface area contributed by atoms with Gasteiger partial charge in [0.25, 0.3) is 0 Å². The molecule has 17 heavy (non-hydrogen) atoms. The Morgan fingerprint density at radius 2 is 2.24 bits per heavy atom. The molecule has 0 aliphatic carbocycles. The maximum atomic E-state index is 5.92. The summed E-state index contributed by atoms with van der Waals surface area (Å²) in [4.78, 5) is 1.21. The van der Waals surface area contributed by atoms with Gasteiger partial charge in [0, 0.05) is 21.0 Å². The van der Waals surface area contributed by atoms with E-state index >= 15 is 0 Å². The second-order valence-corrected chi connectivity index (χ2v) is 5.79. The molecule has 2 nitrogen and oxygen atoms in total. The summed E-state index contributed by atoms with van der Waals surface area (Å²) in [6, 6.07) is 10.0. The first kappa shape index (κ1) is 12.6. The summed E-state index contributed by atoms with van der Waals surface area (Å²) in [5, 5.41) is 2.05. The van der Waals surface area contributed by atoms with E-state index in [1.807, 2.05) is 36.6 Å². The average Bonchev–Trinajstić information content (AvgIpc) is 2.78. The Hall–Kier alpha value is -0.840. The van der Waals surface area contributed by atoms with Gasteiger partial charge in [-0.05, 0) is 30.5 Å². The normalized spacial score (nSPS) is 12.4. The third-order valence-electron chi connectivity index (χ3n) is 2.42. The molecule has 0 bridgehead atoms. The fraction of sp³-hybridized carbons (Fsp3) is 0.231. The van der Waals surface area contributed by atoms with Gasteiger partial charge in [0.2, 0.25) is 0 Å². The second-order valence-electron chi connectivity index (χ2n) is 3.84. The van der Waals surface area contributed by atoms with Crippen LogP contribution in [0, 0.1) is 0 Å². The standard InChI is InChI=1S/C13H14BrNOS/c1-9(15)12-5-4-10(14)7-13(12)16-8-11-3-2-6-17-11/h2-7,9H,8,15H2,1H3. The highest BCUT2D eigenvalue weighted by Gasteiger charge is 2.09. The predicted molar refractivity (Wildman–Crippen MR) is 75.4 cm³/mol. The van der Waals surface area contributed by atoms with E-state index in [1.54, 1.807) is 11.3 Å². The monoisotopic (exact) mass is 311 g/mol. The van der Waals surface area contributed by atoms with Gasteiger partial charge in [0.15, 0.2) is 0 Å². The van der Waals surface area contributed by atoms with Crippen LogP contribution in [-0.2, 0) is 6.61 Å². The van der Waals surface area contributed by atoms with Crippen LogP contribution in [-0.4, -0.2) is 0 Å². The minimum absolute atomic E-state index is 0.0264. The third kappa shape index (κ3) is 3.31. The van der Waals surface area contributed by atoms with E-state index in [4.69, 9.17) is 10.5 Å². The minimum atomic E-state index is -0.0264. The Morgan fingerprint density at radius 1 is 1.41 bits per heavy atom. The number of hydrogen-bond acceptors (Lipinski definition) is 3. The van der Waals surface area contributed by atoms with E-state index < -0.39 is 0 Å². The summed E-state index contributed by atoms with van der Waals surface area (Å²) in [5.74, 6) is 0.850. The summed E-state index contributed by atoms with van der Waals surface area (Å²) in [5.41, 5.74) is 6.95. The Labute approximate surface area is 114 Å². The lowest BCUT2D eigenvalue weighted by molar-refractivity contribution is 0.305. The van der Waals surface area contributed by atoms with Crippen LogP contribution in [0.15, 0.2) is 40.2 Å². The molecule has 0 aliphatic heterocycles. The first-order valence-electron chi connectivity index (χ1n) is 5.37. The molecular weight excluding hydrogens is 298 g/mol. The minimum Gasteiger partial charge on any atom is -0.488 e. The van der Waals surface area contributed by atoms with Gasteiger partial charge in [-0.1, -0.05) is 28.1 Å². The molecule has 1 aromatic carbocycles. The molecule has 1 heterocycles. The molecule has 0 amide bonds. The van der Waals surface area contributed by atoms with Gasteiger partial charge in [0.05, 0.1) is 0 Å². The third-order valence-corrected chi connectivity index (χ3v) is 3.76. The molecule has 2 aromatic rings. The van der Waals surface area contributed by atoms with E-state index in [-0.39, 0.29) is 6.04 Å². The van der Waals surface area contributed by atoms with Crippen LogP contribution in [0.3, 0.4) is 0 Å². The number of ether oxygens (including phenoxy) is 1. The maximum Gasteiger partial charge on any atom is 0.125 e. The van der Waals surface area contributed by atoms with Gasteiger partial charge in [-0.3, -0.25) is 0 Å². The molecule has 2 rings (SSSR count). The molecule has 1 aromatic heterocycles. The van der Waals surface area contributed by atoms with Crippen molar-refractivity contribution in [2.24, 2.45) is 5.73 Å². The largest absolute Gasteiger partial charge is 0.488 e. The van der Waals surface area contributed by atoms with Crippen LogP contribution in [0.4, 0.5) is 0 Å². The number of halogens is 1. The Balaban J connectivity index is 2.16. The summed E-state index contributed by atoms with van der Waals surface area (Å²) in [6.07, 6.45) is 0. The highest BCUT2D eigenvalue weighted by molar-refractivity contribution is 9.10.